The lowest BCUT2D eigenvalue weighted by molar-refractivity contribution is -0.0574. The molecule has 4 rings (SSSR count). The van der Waals surface area contributed by atoms with Crippen LogP contribution in [0.25, 0.3) is 0 Å². The van der Waals surface area contributed by atoms with E-state index < -0.39 is 0 Å². The molecule has 7 atom stereocenters. The fourth-order valence-corrected chi connectivity index (χ4v) is 7.88. The van der Waals surface area contributed by atoms with Gasteiger partial charge < -0.3 is 5.41 Å². The fraction of sp³-hybridized carbons (Fsp3) is 0.864. The highest BCUT2D eigenvalue weighted by atomic mass is 14.6. The molecule has 3 saturated carbocycles. The first-order chi connectivity index (χ1) is 11.1. The van der Waals surface area contributed by atoms with Gasteiger partial charge in [0.1, 0.15) is 0 Å². The molecule has 1 nitrogen and oxygen atoms in total. The molecule has 128 valence electrons. The molecule has 0 saturated heterocycles. The van der Waals surface area contributed by atoms with Crippen LogP contribution >= 0.6 is 0 Å². The summed E-state index contributed by atoms with van der Waals surface area (Å²) in [5.74, 6) is 5.62. The van der Waals surface area contributed by atoms with Gasteiger partial charge in [0.15, 0.2) is 0 Å². The van der Waals surface area contributed by atoms with Gasteiger partial charge in [-0.05, 0) is 98.4 Å². The molecule has 0 aromatic heterocycles. The normalized spacial score (nSPS) is 49.2. The lowest BCUT2D eigenvalue weighted by atomic mass is 9.48. The Morgan fingerprint density at radius 2 is 2.00 bits per heavy atom. The van der Waals surface area contributed by atoms with Crippen molar-refractivity contribution in [1.29, 1.82) is 5.41 Å². The van der Waals surface area contributed by atoms with Crippen molar-refractivity contribution in [3.05, 3.63) is 11.6 Å². The third-order valence-electron chi connectivity index (χ3n) is 8.72. The van der Waals surface area contributed by atoms with E-state index in [1.54, 1.807) is 5.57 Å². The highest BCUT2D eigenvalue weighted by Crippen LogP contribution is 2.66. The summed E-state index contributed by atoms with van der Waals surface area (Å²) in [7, 11) is 0. The van der Waals surface area contributed by atoms with Crippen molar-refractivity contribution in [2.45, 2.75) is 78.6 Å². The molecule has 0 aliphatic heterocycles. The van der Waals surface area contributed by atoms with Gasteiger partial charge in [-0.3, -0.25) is 0 Å². The quantitative estimate of drug-likeness (QED) is 0.624. The number of fused-ring (bicyclic) bond motifs is 5. The number of rotatable bonds is 2. The smallest absolute Gasteiger partial charge is 0.0313 e. The zero-order valence-electron chi connectivity index (χ0n) is 15.4. The fourth-order valence-electron chi connectivity index (χ4n) is 7.88. The van der Waals surface area contributed by atoms with E-state index in [1.165, 1.54) is 51.4 Å². The van der Waals surface area contributed by atoms with Crippen molar-refractivity contribution in [2.24, 2.45) is 40.9 Å². The van der Waals surface area contributed by atoms with Gasteiger partial charge in [0.25, 0.3) is 0 Å². The lowest BCUT2D eigenvalue weighted by Gasteiger charge is -2.57. The molecule has 0 aromatic rings. The van der Waals surface area contributed by atoms with Gasteiger partial charge in [-0.15, -0.1) is 0 Å². The largest absolute Gasteiger partial charge is 0.305 e. The van der Waals surface area contributed by atoms with Crippen molar-refractivity contribution >= 4 is 5.71 Å². The molecule has 0 bridgehead atoms. The maximum atomic E-state index is 8.06. The highest BCUT2D eigenvalue weighted by molar-refractivity contribution is 5.93. The summed E-state index contributed by atoms with van der Waals surface area (Å²) in [6.07, 6.45) is 14.7. The Morgan fingerprint density at radius 3 is 2.74 bits per heavy atom. The van der Waals surface area contributed by atoms with Crippen molar-refractivity contribution in [3.63, 3.8) is 0 Å². The van der Waals surface area contributed by atoms with Gasteiger partial charge in [-0.1, -0.05) is 32.8 Å². The number of hydrogen-bond acceptors (Lipinski definition) is 1. The summed E-state index contributed by atoms with van der Waals surface area (Å²) in [4.78, 5) is 0. The standard InChI is InChI=1S/C22H35N/c1-4-16-6-9-20-21-14(3)12-15-13-17(23)7-8-18(15)19(21)10-11-22(16,20)5-2/h13-14,16,18-21,23H,4-12H2,1-3H3. The predicted molar refractivity (Wildman–Crippen MR) is 97.8 cm³/mol. The minimum absolute atomic E-state index is 0.687. The number of nitrogens with one attached hydrogen (secondary N) is 1. The Balaban J connectivity index is 1.67. The zero-order chi connectivity index (χ0) is 16.2. The third kappa shape index (κ3) is 2.21. The van der Waals surface area contributed by atoms with Crippen molar-refractivity contribution < 1.29 is 0 Å². The Labute approximate surface area is 142 Å². The second-order valence-corrected chi connectivity index (χ2v) is 9.23. The van der Waals surface area contributed by atoms with E-state index in [4.69, 9.17) is 5.41 Å². The van der Waals surface area contributed by atoms with Gasteiger partial charge >= 0.3 is 0 Å². The maximum absolute atomic E-state index is 8.06. The van der Waals surface area contributed by atoms with Crippen LogP contribution in [0.3, 0.4) is 0 Å². The molecule has 0 spiro atoms. The lowest BCUT2D eigenvalue weighted by Crippen LogP contribution is -2.50. The minimum atomic E-state index is 0.687. The van der Waals surface area contributed by atoms with Gasteiger partial charge in [0.2, 0.25) is 0 Å². The van der Waals surface area contributed by atoms with Crippen LogP contribution in [0.15, 0.2) is 11.6 Å². The highest BCUT2D eigenvalue weighted by Gasteiger charge is 2.58. The van der Waals surface area contributed by atoms with Crippen molar-refractivity contribution in [3.8, 4) is 0 Å². The topological polar surface area (TPSA) is 23.9 Å². The van der Waals surface area contributed by atoms with Crippen molar-refractivity contribution in [1.82, 2.24) is 0 Å². The van der Waals surface area contributed by atoms with E-state index >= 15 is 0 Å². The van der Waals surface area contributed by atoms with E-state index in [2.05, 4.69) is 26.8 Å². The predicted octanol–water partition coefficient (Wildman–Crippen LogP) is 6.24. The molecule has 0 amide bonds. The Bertz CT molecular complexity index is 518. The summed E-state index contributed by atoms with van der Waals surface area (Å²) in [5.41, 5.74) is 3.24. The molecule has 0 radical (unpaired) electrons. The van der Waals surface area contributed by atoms with Gasteiger partial charge in [-0.25, -0.2) is 0 Å². The molecule has 4 aliphatic carbocycles. The summed E-state index contributed by atoms with van der Waals surface area (Å²) in [6.45, 7) is 7.47. The van der Waals surface area contributed by atoms with Gasteiger partial charge in [-0.2, -0.15) is 0 Å². The van der Waals surface area contributed by atoms with Gasteiger partial charge in [0.05, 0.1) is 0 Å². The van der Waals surface area contributed by atoms with Crippen LogP contribution in [0.1, 0.15) is 78.6 Å². The minimum Gasteiger partial charge on any atom is -0.305 e. The van der Waals surface area contributed by atoms with Crippen LogP contribution < -0.4 is 0 Å². The Morgan fingerprint density at radius 1 is 1.17 bits per heavy atom. The molecular formula is C22H35N. The number of allylic oxidation sites excluding steroid dienone is 2. The second-order valence-electron chi connectivity index (χ2n) is 9.23. The van der Waals surface area contributed by atoms with Crippen LogP contribution in [-0.2, 0) is 0 Å². The molecule has 0 heterocycles. The molecule has 23 heavy (non-hydrogen) atoms. The second kappa shape index (κ2) is 5.74. The Kier molecular flexibility index (Phi) is 3.97. The summed E-state index contributed by atoms with van der Waals surface area (Å²) >= 11 is 0. The van der Waals surface area contributed by atoms with E-state index in [9.17, 15) is 0 Å². The van der Waals surface area contributed by atoms with Crippen LogP contribution in [0.2, 0.25) is 0 Å². The SMILES string of the molecule is CCC1CCC2C3C(C)CC4=CC(=N)CCC4C3CCC12CC. The van der Waals surface area contributed by atoms with Gasteiger partial charge in [0, 0.05) is 5.71 Å². The Hall–Kier alpha value is -0.590. The molecule has 1 heteroatoms. The van der Waals surface area contributed by atoms with E-state index in [1.807, 2.05) is 0 Å². The first-order valence-corrected chi connectivity index (χ1v) is 10.4. The summed E-state index contributed by atoms with van der Waals surface area (Å²) in [5, 5.41) is 8.06. The van der Waals surface area contributed by atoms with E-state index in [0.717, 1.165) is 47.6 Å². The first-order valence-electron chi connectivity index (χ1n) is 10.4. The van der Waals surface area contributed by atoms with E-state index in [-0.39, 0.29) is 0 Å². The van der Waals surface area contributed by atoms with E-state index in [0.29, 0.717) is 5.41 Å². The molecule has 7 unspecified atom stereocenters. The van der Waals surface area contributed by atoms with Crippen LogP contribution in [0.4, 0.5) is 0 Å². The van der Waals surface area contributed by atoms with Crippen molar-refractivity contribution in [2.75, 3.05) is 0 Å². The maximum Gasteiger partial charge on any atom is 0.0313 e. The zero-order valence-corrected chi connectivity index (χ0v) is 15.4. The average Bonchev–Trinajstić information content (AvgIpc) is 2.93. The molecule has 4 aliphatic rings. The van der Waals surface area contributed by atoms with Crippen LogP contribution in [-0.4, -0.2) is 5.71 Å². The molecular weight excluding hydrogens is 278 g/mol. The van der Waals surface area contributed by atoms with Crippen LogP contribution in [0, 0.1) is 46.3 Å². The number of hydrogen-bond donors (Lipinski definition) is 1. The molecule has 0 aromatic carbocycles. The van der Waals surface area contributed by atoms with Crippen LogP contribution in [0.5, 0.6) is 0 Å². The average molecular weight is 314 g/mol. The molecule has 1 N–H and O–H groups in total. The third-order valence-corrected chi connectivity index (χ3v) is 8.72. The molecule has 3 fully saturated rings. The first kappa shape index (κ1) is 15.9. The monoisotopic (exact) mass is 313 g/mol. The summed E-state index contributed by atoms with van der Waals surface area (Å²) < 4.78 is 0. The summed E-state index contributed by atoms with van der Waals surface area (Å²) in [6, 6.07) is 0.